The highest BCUT2D eigenvalue weighted by molar-refractivity contribution is 7.99. The van der Waals surface area contributed by atoms with Gasteiger partial charge in [-0.2, -0.15) is 0 Å². The summed E-state index contributed by atoms with van der Waals surface area (Å²) < 4.78 is 0. The lowest BCUT2D eigenvalue weighted by molar-refractivity contribution is -0.136. The monoisotopic (exact) mass is 286 g/mol. The lowest BCUT2D eigenvalue weighted by Gasteiger charge is -2.20. The molecule has 20 heavy (non-hydrogen) atoms. The molecule has 0 saturated carbocycles. The molecule has 2 rings (SSSR count). The molecule has 2 aromatic carbocycles. The lowest BCUT2D eigenvalue weighted by atomic mass is 9.97. The van der Waals surface area contributed by atoms with Crippen molar-refractivity contribution in [2.24, 2.45) is 0 Å². The molecular weight excluding hydrogens is 268 g/mol. The van der Waals surface area contributed by atoms with Crippen molar-refractivity contribution in [3.05, 3.63) is 71.8 Å². The zero-order valence-electron chi connectivity index (χ0n) is 11.4. The largest absolute Gasteiger partial charge is 0.480 e. The minimum absolute atomic E-state index is 0.0117. The molecule has 2 nitrogen and oxygen atoms in total. The van der Waals surface area contributed by atoms with Crippen molar-refractivity contribution in [1.82, 2.24) is 0 Å². The highest BCUT2D eigenvalue weighted by Crippen LogP contribution is 2.30. The zero-order chi connectivity index (χ0) is 14.4. The molecule has 0 bridgehead atoms. The Kier molecular flexibility index (Phi) is 5.24. The summed E-state index contributed by atoms with van der Waals surface area (Å²) in [6, 6.07) is 19.8. The minimum atomic E-state index is -0.748. The summed E-state index contributed by atoms with van der Waals surface area (Å²) in [5.41, 5.74) is 2.23. The van der Waals surface area contributed by atoms with E-state index in [9.17, 15) is 9.90 Å². The van der Waals surface area contributed by atoms with Crippen LogP contribution in [0, 0.1) is 0 Å². The highest BCUT2D eigenvalue weighted by atomic mass is 32.2. The van der Waals surface area contributed by atoms with Gasteiger partial charge in [-0.25, -0.2) is 0 Å². The Labute approximate surface area is 123 Å². The lowest BCUT2D eigenvalue weighted by Crippen LogP contribution is -2.23. The molecule has 2 unspecified atom stereocenters. The third kappa shape index (κ3) is 3.87. The van der Waals surface area contributed by atoms with Crippen LogP contribution >= 0.6 is 11.8 Å². The van der Waals surface area contributed by atoms with Gasteiger partial charge in [0.05, 0.1) is 0 Å². The maximum atomic E-state index is 11.5. The molecule has 0 amide bonds. The van der Waals surface area contributed by atoms with Crippen molar-refractivity contribution in [2.45, 2.75) is 23.8 Å². The highest BCUT2D eigenvalue weighted by Gasteiger charge is 2.26. The molecule has 104 valence electrons. The molecule has 2 aromatic rings. The van der Waals surface area contributed by atoms with Crippen LogP contribution in [-0.2, 0) is 10.5 Å². The average Bonchev–Trinajstić information content (AvgIpc) is 2.49. The van der Waals surface area contributed by atoms with Crippen molar-refractivity contribution in [3.8, 4) is 0 Å². The van der Waals surface area contributed by atoms with Crippen LogP contribution in [0.1, 0.15) is 24.0 Å². The Balaban J connectivity index is 2.06. The maximum Gasteiger partial charge on any atom is 0.317 e. The van der Waals surface area contributed by atoms with Gasteiger partial charge in [0.1, 0.15) is 5.25 Å². The molecule has 0 saturated heterocycles. The molecule has 0 fully saturated rings. The number of hydrogen-bond acceptors (Lipinski definition) is 2. The van der Waals surface area contributed by atoms with Gasteiger partial charge in [-0.1, -0.05) is 67.6 Å². The second-order valence-electron chi connectivity index (χ2n) is 4.75. The molecular formula is C17H18O2S. The summed E-state index contributed by atoms with van der Waals surface area (Å²) in [6.07, 6.45) is 0. The molecule has 0 aromatic heterocycles. The van der Waals surface area contributed by atoms with Gasteiger partial charge in [0.25, 0.3) is 0 Å². The maximum absolute atomic E-state index is 11.5. The van der Waals surface area contributed by atoms with Crippen LogP contribution in [0.3, 0.4) is 0 Å². The molecule has 1 N–H and O–H groups in total. The van der Waals surface area contributed by atoms with E-state index in [4.69, 9.17) is 0 Å². The third-order valence-corrected chi connectivity index (χ3v) is 4.76. The van der Waals surface area contributed by atoms with E-state index in [1.165, 1.54) is 11.8 Å². The first-order valence-corrected chi connectivity index (χ1v) is 7.66. The number of carbonyl (C=O) groups is 1. The summed E-state index contributed by atoms with van der Waals surface area (Å²) in [4.78, 5) is 11.5. The molecule has 0 aliphatic rings. The number of carboxylic acid groups (broad SMARTS) is 1. The predicted molar refractivity (Wildman–Crippen MR) is 84.0 cm³/mol. The van der Waals surface area contributed by atoms with E-state index in [1.54, 1.807) is 0 Å². The van der Waals surface area contributed by atoms with Gasteiger partial charge < -0.3 is 5.11 Å². The van der Waals surface area contributed by atoms with Crippen LogP contribution in [-0.4, -0.2) is 16.3 Å². The number of benzene rings is 2. The molecule has 0 aliphatic heterocycles. The first-order valence-electron chi connectivity index (χ1n) is 6.62. The van der Waals surface area contributed by atoms with E-state index in [-0.39, 0.29) is 5.92 Å². The van der Waals surface area contributed by atoms with Gasteiger partial charge in [0.15, 0.2) is 0 Å². The number of hydrogen-bond donors (Lipinski definition) is 1. The summed E-state index contributed by atoms with van der Waals surface area (Å²) in [5.74, 6) is -0.0423. The average molecular weight is 286 g/mol. The number of thioether (sulfide) groups is 1. The van der Waals surface area contributed by atoms with Gasteiger partial charge in [-0.3, -0.25) is 4.79 Å². The third-order valence-electron chi connectivity index (χ3n) is 3.30. The molecule has 0 heterocycles. The topological polar surface area (TPSA) is 37.3 Å². The van der Waals surface area contributed by atoms with Gasteiger partial charge in [-0.05, 0) is 11.1 Å². The first-order chi connectivity index (χ1) is 9.68. The smallest absolute Gasteiger partial charge is 0.317 e. The van der Waals surface area contributed by atoms with E-state index < -0.39 is 11.2 Å². The molecule has 0 aliphatic carbocycles. The number of aliphatic carboxylic acids is 1. The summed E-state index contributed by atoms with van der Waals surface area (Å²) in [7, 11) is 0. The normalized spacial score (nSPS) is 13.7. The van der Waals surface area contributed by atoms with Gasteiger partial charge in [0, 0.05) is 11.7 Å². The quantitative estimate of drug-likeness (QED) is 0.865. The molecule has 0 spiro atoms. The Morgan fingerprint density at radius 1 is 1.05 bits per heavy atom. The van der Waals surface area contributed by atoms with Crippen molar-refractivity contribution in [1.29, 1.82) is 0 Å². The number of rotatable bonds is 6. The predicted octanol–water partition coefficient (Wildman–Crippen LogP) is 4.18. The van der Waals surface area contributed by atoms with Gasteiger partial charge in [0.2, 0.25) is 0 Å². The van der Waals surface area contributed by atoms with E-state index in [0.29, 0.717) is 0 Å². The van der Waals surface area contributed by atoms with Crippen LogP contribution in [0.25, 0.3) is 0 Å². The summed E-state index contributed by atoms with van der Waals surface area (Å²) in [5, 5.41) is 9.03. The minimum Gasteiger partial charge on any atom is -0.480 e. The fourth-order valence-corrected chi connectivity index (χ4v) is 3.27. The standard InChI is InChI=1S/C17H18O2S/c1-13(15-10-6-3-7-11-15)16(17(18)19)20-12-14-8-4-2-5-9-14/h2-11,13,16H,12H2,1H3,(H,18,19). The fraction of sp³-hybridized carbons (Fsp3) is 0.235. The summed E-state index contributed by atoms with van der Waals surface area (Å²) in [6.45, 7) is 1.98. The van der Waals surface area contributed by atoms with Crippen LogP contribution in [0.4, 0.5) is 0 Å². The van der Waals surface area contributed by atoms with Crippen LogP contribution in [0.15, 0.2) is 60.7 Å². The second-order valence-corrected chi connectivity index (χ2v) is 5.88. The van der Waals surface area contributed by atoms with Crippen molar-refractivity contribution >= 4 is 17.7 Å². The first kappa shape index (κ1) is 14.7. The van der Waals surface area contributed by atoms with Crippen LogP contribution in [0.5, 0.6) is 0 Å². The summed E-state index contributed by atoms with van der Waals surface area (Å²) >= 11 is 1.49. The Hall–Kier alpha value is -1.74. The van der Waals surface area contributed by atoms with Crippen LogP contribution < -0.4 is 0 Å². The van der Waals surface area contributed by atoms with E-state index >= 15 is 0 Å². The Bertz CT molecular complexity index is 539. The van der Waals surface area contributed by atoms with Crippen LogP contribution in [0.2, 0.25) is 0 Å². The second kappa shape index (κ2) is 7.15. The molecule has 0 radical (unpaired) electrons. The van der Waals surface area contributed by atoms with Crippen molar-refractivity contribution in [3.63, 3.8) is 0 Å². The van der Waals surface area contributed by atoms with Crippen molar-refractivity contribution < 1.29 is 9.90 Å². The van der Waals surface area contributed by atoms with Gasteiger partial charge in [-0.15, -0.1) is 11.8 Å². The SMILES string of the molecule is CC(c1ccccc1)C(SCc1ccccc1)C(=O)O. The molecule has 3 heteroatoms. The van der Waals surface area contributed by atoms with E-state index in [1.807, 2.05) is 67.6 Å². The number of carboxylic acids is 1. The Morgan fingerprint density at radius 3 is 2.15 bits per heavy atom. The van der Waals surface area contributed by atoms with Gasteiger partial charge >= 0.3 is 5.97 Å². The fourth-order valence-electron chi connectivity index (χ4n) is 2.12. The molecule has 2 atom stereocenters. The zero-order valence-corrected chi connectivity index (χ0v) is 12.2. The van der Waals surface area contributed by atoms with E-state index in [2.05, 4.69) is 0 Å². The van der Waals surface area contributed by atoms with E-state index in [0.717, 1.165) is 16.9 Å². The Morgan fingerprint density at radius 2 is 1.60 bits per heavy atom. The van der Waals surface area contributed by atoms with Crippen molar-refractivity contribution in [2.75, 3.05) is 0 Å².